The number of hydrogen-bond acceptors (Lipinski definition) is 5. The number of aromatic nitrogens is 2. The highest BCUT2D eigenvalue weighted by Gasteiger charge is 2.23. The molecule has 1 aliphatic rings. The van der Waals surface area contributed by atoms with Crippen LogP contribution in [-0.2, 0) is 9.53 Å². The van der Waals surface area contributed by atoms with Gasteiger partial charge in [0.1, 0.15) is 0 Å². The number of anilines is 1. The summed E-state index contributed by atoms with van der Waals surface area (Å²) in [7, 11) is 0. The van der Waals surface area contributed by atoms with Crippen LogP contribution in [0.1, 0.15) is 46.2 Å². The van der Waals surface area contributed by atoms with E-state index < -0.39 is 5.97 Å². The Hall–Kier alpha value is -4.20. The van der Waals surface area contributed by atoms with Crippen molar-refractivity contribution in [2.45, 2.75) is 25.8 Å². The van der Waals surface area contributed by atoms with E-state index in [0.717, 1.165) is 18.4 Å². The quantitative estimate of drug-likeness (QED) is 0.408. The fraction of sp³-hybridized carbons (Fsp3) is 0.200. The molecule has 3 aromatic rings. The van der Waals surface area contributed by atoms with Crippen LogP contribution in [0.3, 0.4) is 0 Å². The van der Waals surface area contributed by atoms with Gasteiger partial charge in [0.2, 0.25) is 5.91 Å². The molecular weight excluding hydrogens is 420 g/mol. The van der Waals surface area contributed by atoms with Crippen LogP contribution < -0.4 is 10.6 Å². The van der Waals surface area contributed by atoms with E-state index >= 15 is 0 Å². The van der Waals surface area contributed by atoms with Gasteiger partial charge in [-0.2, -0.15) is 5.10 Å². The largest absolute Gasteiger partial charge is 0.461 e. The number of carbonyl (C=O) groups excluding carboxylic acids is 3. The first kappa shape index (κ1) is 22.0. The van der Waals surface area contributed by atoms with E-state index in [2.05, 4.69) is 15.7 Å². The van der Waals surface area contributed by atoms with E-state index in [1.54, 1.807) is 72.4 Å². The number of nitrogens with one attached hydrogen (secondary N) is 2. The van der Waals surface area contributed by atoms with Crippen molar-refractivity contribution >= 4 is 29.5 Å². The van der Waals surface area contributed by atoms with Crippen LogP contribution in [0, 0.1) is 0 Å². The van der Waals surface area contributed by atoms with Crippen LogP contribution in [0.15, 0.2) is 66.9 Å². The van der Waals surface area contributed by atoms with Crippen LogP contribution in [0.4, 0.5) is 5.69 Å². The zero-order valence-corrected chi connectivity index (χ0v) is 18.2. The lowest BCUT2D eigenvalue weighted by Crippen LogP contribution is -2.25. The number of nitrogens with zero attached hydrogens (tertiary/aromatic N) is 2. The van der Waals surface area contributed by atoms with Crippen molar-refractivity contribution in [1.82, 2.24) is 15.1 Å². The number of hydrogen-bond donors (Lipinski definition) is 2. The maximum atomic E-state index is 12.4. The lowest BCUT2D eigenvalue weighted by atomic mass is 10.1. The van der Waals surface area contributed by atoms with E-state index in [1.807, 2.05) is 6.07 Å². The molecule has 1 aromatic heterocycles. The molecule has 0 unspecified atom stereocenters. The molecule has 1 saturated carbocycles. The summed E-state index contributed by atoms with van der Waals surface area (Å²) in [6.07, 6.45) is 6.85. The van der Waals surface area contributed by atoms with Gasteiger partial charge in [-0.15, -0.1) is 0 Å². The van der Waals surface area contributed by atoms with Crippen molar-refractivity contribution in [3.63, 3.8) is 0 Å². The molecule has 33 heavy (non-hydrogen) atoms. The second-order valence-electron chi connectivity index (χ2n) is 7.61. The molecular formula is C25H24N4O4. The standard InChI is InChI=1S/C25H24N4O4/c1-2-33-25(32)22-14-15-29(28-22)21-5-3-4-20(16-21)26-23(30)13-8-17-6-9-18(10-7-17)24(31)27-19-11-12-19/h3-10,13-16,19H,2,11-12H2,1H3,(H,26,30)(H,27,31). The van der Waals surface area contributed by atoms with Crippen molar-refractivity contribution < 1.29 is 19.1 Å². The summed E-state index contributed by atoms with van der Waals surface area (Å²) >= 11 is 0. The monoisotopic (exact) mass is 444 g/mol. The van der Waals surface area contributed by atoms with Crippen molar-refractivity contribution in [1.29, 1.82) is 0 Å². The molecule has 4 rings (SSSR count). The minimum Gasteiger partial charge on any atom is -0.461 e. The Morgan fingerprint density at radius 1 is 1.12 bits per heavy atom. The van der Waals surface area contributed by atoms with Crippen molar-refractivity contribution in [3.05, 3.63) is 83.7 Å². The summed E-state index contributed by atoms with van der Waals surface area (Å²) in [5.41, 5.74) is 2.90. The van der Waals surface area contributed by atoms with Crippen LogP contribution in [0.2, 0.25) is 0 Å². The lowest BCUT2D eigenvalue weighted by Gasteiger charge is -2.06. The first-order chi connectivity index (χ1) is 16.0. The number of benzene rings is 2. The minimum absolute atomic E-state index is 0.0720. The van der Waals surface area contributed by atoms with Gasteiger partial charge in [-0.1, -0.05) is 18.2 Å². The fourth-order valence-electron chi connectivity index (χ4n) is 3.11. The third kappa shape index (κ3) is 5.94. The Morgan fingerprint density at radius 3 is 2.64 bits per heavy atom. The SMILES string of the molecule is CCOC(=O)c1ccn(-c2cccc(NC(=O)C=Cc3ccc(C(=O)NC4CC4)cc3)c2)n1. The van der Waals surface area contributed by atoms with Crippen LogP contribution in [-0.4, -0.2) is 40.2 Å². The summed E-state index contributed by atoms with van der Waals surface area (Å²) in [5, 5.41) is 9.97. The van der Waals surface area contributed by atoms with Gasteiger partial charge >= 0.3 is 5.97 Å². The Balaban J connectivity index is 1.36. The molecule has 8 nitrogen and oxygen atoms in total. The molecule has 0 atom stereocenters. The highest BCUT2D eigenvalue weighted by molar-refractivity contribution is 6.02. The molecule has 2 amide bonds. The van der Waals surface area contributed by atoms with Crippen LogP contribution in [0.25, 0.3) is 11.8 Å². The predicted molar refractivity (Wildman–Crippen MR) is 124 cm³/mol. The van der Waals surface area contributed by atoms with E-state index in [4.69, 9.17) is 4.74 Å². The van der Waals surface area contributed by atoms with Gasteiger partial charge in [0.05, 0.1) is 12.3 Å². The fourth-order valence-corrected chi connectivity index (χ4v) is 3.11. The molecule has 1 aliphatic carbocycles. The van der Waals surface area contributed by atoms with Crippen LogP contribution >= 0.6 is 0 Å². The van der Waals surface area contributed by atoms with Gasteiger partial charge in [-0.25, -0.2) is 9.48 Å². The molecule has 8 heteroatoms. The average Bonchev–Trinajstić information content (AvgIpc) is 3.49. The Labute approximate surface area is 191 Å². The van der Waals surface area contributed by atoms with Crippen molar-refractivity contribution in [2.24, 2.45) is 0 Å². The predicted octanol–water partition coefficient (Wildman–Crippen LogP) is 3.59. The highest BCUT2D eigenvalue weighted by atomic mass is 16.5. The first-order valence-corrected chi connectivity index (χ1v) is 10.7. The maximum Gasteiger partial charge on any atom is 0.358 e. The van der Waals surface area contributed by atoms with Crippen molar-refractivity contribution in [3.8, 4) is 5.69 Å². The summed E-state index contributed by atoms with van der Waals surface area (Å²) < 4.78 is 6.49. The summed E-state index contributed by atoms with van der Waals surface area (Å²) in [6, 6.07) is 16.1. The molecule has 168 valence electrons. The maximum absolute atomic E-state index is 12.4. The third-order valence-electron chi connectivity index (χ3n) is 4.96. The van der Waals surface area contributed by atoms with Crippen LogP contribution in [0.5, 0.6) is 0 Å². The second-order valence-corrected chi connectivity index (χ2v) is 7.61. The first-order valence-electron chi connectivity index (χ1n) is 10.7. The van der Waals surface area contributed by atoms with Gasteiger partial charge in [-0.05, 0) is 67.8 Å². The molecule has 0 spiro atoms. The number of esters is 1. The van der Waals surface area contributed by atoms with E-state index in [9.17, 15) is 14.4 Å². The average molecular weight is 444 g/mol. The Bertz CT molecular complexity index is 1190. The molecule has 2 aromatic carbocycles. The van der Waals surface area contributed by atoms with E-state index in [-0.39, 0.29) is 24.1 Å². The molecule has 0 radical (unpaired) electrons. The minimum atomic E-state index is -0.484. The molecule has 1 heterocycles. The van der Waals surface area contributed by atoms with E-state index in [1.165, 1.54) is 6.08 Å². The molecule has 1 fully saturated rings. The Kier molecular flexibility index (Phi) is 6.64. The second kappa shape index (κ2) is 9.95. The molecule has 0 bridgehead atoms. The zero-order chi connectivity index (χ0) is 23.2. The van der Waals surface area contributed by atoms with Gasteiger partial charge < -0.3 is 15.4 Å². The molecule has 0 aliphatic heterocycles. The lowest BCUT2D eigenvalue weighted by molar-refractivity contribution is -0.111. The summed E-state index contributed by atoms with van der Waals surface area (Å²) in [6.45, 7) is 2.01. The highest BCUT2D eigenvalue weighted by Crippen LogP contribution is 2.19. The van der Waals surface area contributed by atoms with Gasteiger partial charge in [0.15, 0.2) is 5.69 Å². The zero-order valence-electron chi connectivity index (χ0n) is 18.2. The summed E-state index contributed by atoms with van der Waals surface area (Å²) in [5.74, 6) is -0.852. The number of rotatable bonds is 8. The normalized spacial score (nSPS) is 13.0. The molecule has 2 N–H and O–H groups in total. The number of carbonyl (C=O) groups is 3. The van der Waals surface area contributed by atoms with Crippen molar-refractivity contribution in [2.75, 3.05) is 11.9 Å². The topological polar surface area (TPSA) is 102 Å². The summed E-state index contributed by atoms with van der Waals surface area (Å²) in [4.78, 5) is 36.2. The Morgan fingerprint density at radius 2 is 1.91 bits per heavy atom. The van der Waals surface area contributed by atoms with Gasteiger partial charge in [-0.3, -0.25) is 9.59 Å². The smallest absolute Gasteiger partial charge is 0.358 e. The van der Waals surface area contributed by atoms with Gasteiger partial charge in [0, 0.05) is 29.6 Å². The molecule has 0 saturated heterocycles. The number of ether oxygens (including phenoxy) is 1. The third-order valence-corrected chi connectivity index (χ3v) is 4.96. The number of amides is 2. The van der Waals surface area contributed by atoms with Gasteiger partial charge in [0.25, 0.3) is 5.91 Å². The van der Waals surface area contributed by atoms with E-state index in [0.29, 0.717) is 23.0 Å².